The number of halogens is 1. The molecule has 2 saturated heterocycles. The molecule has 0 unspecified atom stereocenters. The van der Waals surface area contributed by atoms with Crippen molar-refractivity contribution in [3.63, 3.8) is 0 Å². The summed E-state index contributed by atoms with van der Waals surface area (Å²) >= 11 is 0. The zero-order valence-electron chi connectivity index (χ0n) is 21.5. The smallest absolute Gasteiger partial charge is 0.256 e. The number of anilines is 1. The predicted octanol–water partition coefficient (Wildman–Crippen LogP) is 4.97. The molecule has 194 valence electrons. The van der Waals surface area contributed by atoms with Crippen molar-refractivity contribution in [1.29, 1.82) is 0 Å². The van der Waals surface area contributed by atoms with Gasteiger partial charge in [0.1, 0.15) is 18.0 Å². The largest absolute Gasteiger partial charge is 0.384 e. The summed E-state index contributed by atoms with van der Waals surface area (Å²) < 4.78 is 15.4. The van der Waals surface area contributed by atoms with Crippen LogP contribution in [0.3, 0.4) is 0 Å². The fraction of sp³-hybridized carbons (Fsp3) is 0.448. The molecule has 5 rings (SSSR count). The topological polar surface area (TPSA) is 88.2 Å². The Hall–Kier alpha value is -3.39. The van der Waals surface area contributed by atoms with E-state index in [1.54, 1.807) is 29.3 Å². The van der Waals surface area contributed by atoms with Gasteiger partial charge in [0.05, 0.1) is 17.0 Å². The van der Waals surface area contributed by atoms with Crippen LogP contribution in [-0.2, 0) is 6.42 Å². The fourth-order valence-corrected chi connectivity index (χ4v) is 5.67. The van der Waals surface area contributed by atoms with Gasteiger partial charge in [0.15, 0.2) is 0 Å². The summed E-state index contributed by atoms with van der Waals surface area (Å²) in [6.07, 6.45) is 10.9. The lowest BCUT2D eigenvalue weighted by Gasteiger charge is -2.38. The first-order chi connectivity index (χ1) is 18.0. The molecule has 2 fully saturated rings. The van der Waals surface area contributed by atoms with Gasteiger partial charge in [0.25, 0.3) is 5.91 Å². The quantitative estimate of drug-likeness (QED) is 0.530. The van der Waals surface area contributed by atoms with E-state index >= 15 is 4.39 Å². The summed E-state index contributed by atoms with van der Waals surface area (Å²) in [4.78, 5) is 30.8. The van der Waals surface area contributed by atoms with E-state index in [0.29, 0.717) is 42.6 Å². The molecule has 4 heterocycles. The Kier molecular flexibility index (Phi) is 7.74. The maximum Gasteiger partial charge on any atom is 0.256 e. The summed E-state index contributed by atoms with van der Waals surface area (Å²) in [5.41, 5.74) is 9.53. The first-order valence-corrected chi connectivity index (χ1v) is 13.4. The van der Waals surface area contributed by atoms with Gasteiger partial charge < -0.3 is 15.5 Å². The van der Waals surface area contributed by atoms with E-state index < -0.39 is 5.82 Å². The summed E-state index contributed by atoms with van der Waals surface area (Å²) in [5, 5.41) is 0. The second kappa shape index (κ2) is 11.3. The lowest BCUT2D eigenvalue weighted by molar-refractivity contribution is 0.0618. The maximum atomic E-state index is 15.4. The molecular weight excluding hydrogens is 467 g/mol. The number of piperidine rings is 1. The van der Waals surface area contributed by atoms with Gasteiger partial charge in [-0.2, -0.15) is 0 Å². The number of carbonyl (C=O) groups is 1. The number of hydrogen-bond acceptors (Lipinski definition) is 6. The van der Waals surface area contributed by atoms with Gasteiger partial charge >= 0.3 is 0 Å². The highest BCUT2D eigenvalue weighted by atomic mass is 19.1. The van der Waals surface area contributed by atoms with Crippen LogP contribution in [-0.4, -0.2) is 62.9 Å². The number of likely N-dealkylation sites (tertiary alicyclic amines) is 2. The van der Waals surface area contributed by atoms with Crippen molar-refractivity contribution in [2.75, 3.05) is 31.9 Å². The highest BCUT2D eigenvalue weighted by Crippen LogP contribution is 2.33. The van der Waals surface area contributed by atoms with E-state index in [9.17, 15) is 4.79 Å². The molecule has 0 saturated carbocycles. The van der Waals surface area contributed by atoms with Crippen LogP contribution in [0.5, 0.6) is 0 Å². The Morgan fingerprint density at radius 2 is 1.70 bits per heavy atom. The molecule has 0 spiro atoms. The number of amides is 1. The van der Waals surface area contributed by atoms with E-state index in [4.69, 9.17) is 5.73 Å². The standard InChI is InChI=1S/C29H35FN6O/c1-2-25-27(21-8-10-26(31)32-18-21)28(34-19-33-25)20-7-9-23(24(30)17-20)29(37)36-15-11-22(12-16-36)35-13-5-3-4-6-14-35/h7-10,17-19,22H,2-6,11-16H2,1H3,(H2,31,32). The highest BCUT2D eigenvalue weighted by molar-refractivity contribution is 5.95. The minimum Gasteiger partial charge on any atom is -0.384 e. The molecule has 0 aliphatic carbocycles. The van der Waals surface area contributed by atoms with Crippen LogP contribution >= 0.6 is 0 Å². The van der Waals surface area contributed by atoms with Gasteiger partial charge in [-0.25, -0.2) is 19.3 Å². The molecule has 1 aromatic carbocycles. The van der Waals surface area contributed by atoms with Crippen molar-refractivity contribution in [1.82, 2.24) is 24.8 Å². The van der Waals surface area contributed by atoms with E-state index in [0.717, 1.165) is 42.8 Å². The lowest BCUT2D eigenvalue weighted by atomic mass is 9.96. The SMILES string of the molecule is CCc1ncnc(-c2ccc(C(=O)N3CCC(N4CCCCCC4)CC3)c(F)c2)c1-c1ccc(N)nc1. The Morgan fingerprint density at radius 3 is 2.35 bits per heavy atom. The molecule has 2 aliphatic rings. The van der Waals surface area contributed by atoms with E-state index in [2.05, 4.69) is 19.9 Å². The number of nitrogens with two attached hydrogens (primary N) is 1. The molecule has 37 heavy (non-hydrogen) atoms. The minimum absolute atomic E-state index is 0.109. The molecule has 2 aliphatic heterocycles. The van der Waals surface area contributed by atoms with Gasteiger partial charge in [-0.15, -0.1) is 0 Å². The number of nitrogen functional groups attached to an aromatic ring is 1. The van der Waals surface area contributed by atoms with Crippen molar-refractivity contribution in [3.8, 4) is 22.4 Å². The average Bonchev–Trinajstić information content (AvgIpc) is 3.22. The number of aryl methyl sites for hydroxylation is 1. The average molecular weight is 503 g/mol. The number of rotatable bonds is 5. The van der Waals surface area contributed by atoms with Crippen LogP contribution in [0.2, 0.25) is 0 Å². The van der Waals surface area contributed by atoms with Crippen LogP contribution < -0.4 is 5.73 Å². The number of benzene rings is 1. The van der Waals surface area contributed by atoms with Gasteiger partial charge in [-0.05, 0) is 69.5 Å². The number of pyridine rings is 1. The zero-order valence-corrected chi connectivity index (χ0v) is 21.5. The fourth-order valence-electron chi connectivity index (χ4n) is 5.67. The Morgan fingerprint density at radius 1 is 0.973 bits per heavy atom. The molecule has 2 N–H and O–H groups in total. The number of nitrogens with zero attached hydrogens (tertiary/aromatic N) is 5. The third-order valence-corrected chi connectivity index (χ3v) is 7.72. The monoisotopic (exact) mass is 502 g/mol. The van der Waals surface area contributed by atoms with Crippen molar-refractivity contribution >= 4 is 11.7 Å². The van der Waals surface area contributed by atoms with Gasteiger partial charge in [-0.1, -0.05) is 25.8 Å². The van der Waals surface area contributed by atoms with Gasteiger partial charge in [0, 0.05) is 42.0 Å². The van der Waals surface area contributed by atoms with Crippen LogP contribution in [0.4, 0.5) is 10.2 Å². The number of hydrogen-bond donors (Lipinski definition) is 1. The van der Waals surface area contributed by atoms with Crippen LogP contribution in [0.1, 0.15) is 61.5 Å². The van der Waals surface area contributed by atoms with Crippen molar-refractivity contribution in [2.24, 2.45) is 0 Å². The molecule has 8 heteroatoms. The summed E-state index contributed by atoms with van der Waals surface area (Å²) in [7, 11) is 0. The molecular formula is C29H35FN6O. The molecule has 7 nitrogen and oxygen atoms in total. The third-order valence-electron chi connectivity index (χ3n) is 7.72. The van der Waals surface area contributed by atoms with E-state index in [1.165, 1.54) is 38.1 Å². The van der Waals surface area contributed by atoms with Gasteiger partial charge in [0.2, 0.25) is 0 Å². The second-order valence-corrected chi connectivity index (χ2v) is 10.0. The molecule has 0 atom stereocenters. The van der Waals surface area contributed by atoms with Crippen LogP contribution in [0, 0.1) is 5.82 Å². The van der Waals surface area contributed by atoms with Crippen LogP contribution in [0.15, 0.2) is 42.9 Å². The molecule has 3 aromatic rings. The Bertz CT molecular complexity index is 1230. The highest BCUT2D eigenvalue weighted by Gasteiger charge is 2.29. The first-order valence-electron chi connectivity index (χ1n) is 13.4. The second-order valence-electron chi connectivity index (χ2n) is 10.0. The lowest BCUT2D eigenvalue weighted by Crippen LogP contribution is -2.47. The van der Waals surface area contributed by atoms with E-state index in [1.807, 2.05) is 13.0 Å². The van der Waals surface area contributed by atoms with Gasteiger partial charge in [-0.3, -0.25) is 4.79 Å². The minimum atomic E-state index is -0.532. The Labute approximate surface area is 217 Å². The zero-order chi connectivity index (χ0) is 25.8. The molecule has 0 radical (unpaired) electrons. The molecule has 0 bridgehead atoms. The van der Waals surface area contributed by atoms with Crippen LogP contribution in [0.25, 0.3) is 22.4 Å². The summed E-state index contributed by atoms with van der Waals surface area (Å²) in [6, 6.07) is 8.90. The van der Waals surface area contributed by atoms with Crippen molar-refractivity contribution < 1.29 is 9.18 Å². The van der Waals surface area contributed by atoms with E-state index in [-0.39, 0.29) is 11.5 Å². The van der Waals surface area contributed by atoms with Crippen molar-refractivity contribution in [3.05, 3.63) is 59.9 Å². The summed E-state index contributed by atoms with van der Waals surface area (Å²) in [6.45, 7) is 5.67. The first kappa shape index (κ1) is 25.3. The number of carbonyl (C=O) groups excluding carboxylic acids is 1. The molecule has 1 amide bonds. The normalized spacial score (nSPS) is 17.5. The summed E-state index contributed by atoms with van der Waals surface area (Å²) in [5.74, 6) is -0.349. The molecule has 2 aromatic heterocycles. The predicted molar refractivity (Wildman–Crippen MR) is 143 cm³/mol. The third kappa shape index (κ3) is 5.49. The maximum absolute atomic E-state index is 15.4. The van der Waals surface area contributed by atoms with Crippen molar-refractivity contribution in [2.45, 2.75) is 57.9 Å². The number of aromatic nitrogens is 3. The Balaban J connectivity index is 1.35.